The topological polar surface area (TPSA) is 39.9 Å². The molecule has 124 valence electrons. The van der Waals surface area contributed by atoms with Crippen LogP contribution < -0.4 is 0 Å². The molecule has 0 aliphatic carbocycles. The molecule has 2 aromatic rings. The summed E-state index contributed by atoms with van der Waals surface area (Å²) in [6, 6.07) is 15.0. The number of nitrogens with zero attached hydrogens (tertiary/aromatic N) is 2. The number of benzene rings is 1. The Morgan fingerprint density at radius 3 is 2.57 bits per heavy atom. The maximum absolute atomic E-state index is 9.11. The number of furan rings is 1. The van der Waals surface area contributed by atoms with Gasteiger partial charge < -0.3 is 9.52 Å². The third-order valence-electron chi connectivity index (χ3n) is 4.55. The Hall–Kier alpha value is -1.62. The van der Waals surface area contributed by atoms with Gasteiger partial charge in [-0.3, -0.25) is 9.80 Å². The smallest absolute Gasteiger partial charge is 0.129 e. The summed E-state index contributed by atoms with van der Waals surface area (Å²) in [5.41, 5.74) is 1.38. The monoisotopic (exact) mass is 314 g/mol. The summed E-state index contributed by atoms with van der Waals surface area (Å²) in [6.07, 6.45) is 1.17. The van der Waals surface area contributed by atoms with Crippen LogP contribution in [-0.2, 0) is 19.7 Å². The molecule has 23 heavy (non-hydrogen) atoms. The van der Waals surface area contributed by atoms with E-state index in [1.54, 1.807) is 0 Å². The quantitative estimate of drug-likeness (QED) is 0.921. The molecule has 4 nitrogen and oxygen atoms in total. The highest BCUT2D eigenvalue weighted by Crippen LogP contribution is 2.17. The Morgan fingerprint density at radius 1 is 1.04 bits per heavy atom. The number of hydrogen-bond donors (Lipinski definition) is 1. The first-order valence-electron chi connectivity index (χ1n) is 8.43. The van der Waals surface area contributed by atoms with Crippen molar-refractivity contribution in [2.75, 3.05) is 19.6 Å². The van der Waals surface area contributed by atoms with Crippen molar-refractivity contribution in [1.29, 1.82) is 0 Å². The fourth-order valence-corrected chi connectivity index (χ4v) is 3.31. The van der Waals surface area contributed by atoms with Gasteiger partial charge in [0.1, 0.15) is 18.1 Å². The zero-order chi connectivity index (χ0) is 16.1. The molecule has 4 heteroatoms. The maximum Gasteiger partial charge on any atom is 0.129 e. The molecule has 0 amide bonds. The summed E-state index contributed by atoms with van der Waals surface area (Å²) in [7, 11) is 0. The first-order chi connectivity index (χ1) is 11.2. The zero-order valence-corrected chi connectivity index (χ0v) is 13.8. The molecule has 1 fully saturated rings. The second kappa shape index (κ2) is 7.77. The summed E-state index contributed by atoms with van der Waals surface area (Å²) < 4.78 is 5.64. The third-order valence-corrected chi connectivity index (χ3v) is 4.55. The second-order valence-corrected chi connectivity index (χ2v) is 6.42. The lowest BCUT2D eigenvalue weighted by Gasteiger charge is -2.28. The van der Waals surface area contributed by atoms with Crippen LogP contribution in [0.2, 0.25) is 0 Å². The first-order valence-corrected chi connectivity index (χ1v) is 8.43. The van der Waals surface area contributed by atoms with Crippen molar-refractivity contribution in [3.05, 3.63) is 59.5 Å². The van der Waals surface area contributed by atoms with Gasteiger partial charge in [0.2, 0.25) is 0 Å². The van der Waals surface area contributed by atoms with E-state index in [4.69, 9.17) is 9.52 Å². The zero-order valence-electron chi connectivity index (χ0n) is 13.8. The lowest BCUT2D eigenvalue weighted by molar-refractivity contribution is 0.166. The molecule has 2 heterocycles. The molecule has 0 spiro atoms. The van der Waals surface area contributed by atoms with E-state index in [0.717, 1.165) is 38.5 Å². The van der Waals surface area contributed by atoms with Crippen LogP contribution in [0.4, 0.5) is 0 Å². The van der Waals surface area contributed by atoms with E-state index in [9.17, 15) is 0 Å². The summed E-state index contributed by atoms with van der Waals surface area (Å²) in [5, 5.41) is 9.11. The minimum absolute atomic E-state index is 0.0274. The Morgan fingerprint density at radius 2 is 1.83 bits per heavy atom. The second-order valence-electron chi connectivity index (χ2n) is 6.42. The third kappa shape index (κ3) is 4.44. The van der Waals surface area contributed by atoms with Gasteiger partial charge in [-0.2, -0.15) is 0 Å². The Labute approximate surface area is 138 Å². The minimum atomic E-state index is -0.0274. The van der Waals surface area contributed by atoms with Gasteiger partial charge in [0, 0.05) is 25.7 Å². The van der Waals surface area contributed by atoms with Crippen molar-refractivity contribution < 1.29 is 9.52 Å². The van der Waals surface area contributed by atoms with Crippen LogP contribution in [-0.4, -0.2) is 40.6 Å². The average molecular weight is 314 g/mol. The number of hydrogen-bond acceptors (Lipinski definition) is 4. The summed E-state index contributed by atoms with van der Waals surface area (Å²) in [5.74, 6) is 1.59. The highest BCUT2D eigenvalue weighted by atomic mass is 16.4. The van der Waals surface area contributed by atoms with Gasteiger partial charge >= 0.3 is 0 Å². The van der Waals surface area contributed by atoms with Gasteiger partial charge in [0.25, 0.3) is 0 Å². The summed E-state index contributed by atoms with van der Waals surface area (Å²) >= 11 is 0. The molecule has 1 saturated heterocycles. The number of rotatable bonds is 5. The minimum Gasteiger partial charge on any atom is -0.462 e. The Kier molecular flexibility index (Phi) is 5.49. The van der Waals surface area contributed by atoms with E-state index < -0.39 is 0 Å². The molecule has 0 bridgehead atoms. The van der Waals surface area contributed by atoms with Crippen molar-refractivity contribution in [3.8, 4) is 0 Å². The summed E-state index contributed by atoms with van der Waals surface area (Å²) in [6.45, 7) is 7.40. The van der Waals surface area contributed by atoms with Crippen LogP contribution in [0.1, 0.15) is 30.4 Å². The van der Waals surface area contributed by atoms with Crippen LogP contribution >= 0.6 is 0 Å². The van der Waals surface area contributed by atoms with Gasteiger partial charge in [0.05, 0.1) is 6.54 Å². The molecule has 3 rings (SSSR count). The van der Waals surface area contributed by atoms with Gasteiger partial charge in [-0.15, -0.1) is 0 Å². The SMILES string of the molecule is C[C@@H]1CN(Cc2ccccc2)CCCN1Cc1ccc(CO)o1. The fraction of sp³-hybridized carbons (Fsp3) is 0.474. The van der Waals surface area contributed by atoms with Crippen molar-refractivity contribution in [1.82, 2.24) is 9.80 Å². The Balaban J connectivity index is 1.58. The van der Waals surface area contributed by atoms with E-state index in [-0.39, 0.29) is 6.61 Å². The van der Waals surface area contributed by atoms with E-state index in [1.165, 1.54) is 12.0 Å². The fourth-order valence-electron chi connectivity index (χ4n) is 3.31. The van der Waals surface area contributed by atoms with Gasteiger partial charge in [-0.25, -0.2) is 0 Å². The van der Waals surface area contributed by atoms with Crippen LogP contribution in [0.15, 0.2) is 46.9 Å². The van der Waals surface area contributed by atoms with Gasteiger partial charge in [0.15, 0.2) is 0 Å². The molecular formula is C19H26N2O2. The molecule has 0 saturated carbocycles. The molecule has 1 N–H and O–H groups in total. The predicted molar refractivity (Wildman–Crippen MR) is 90.8 cm³/mol. The highest BCUT2D eigenvalue weighted by Gasteiger charge is 2.22. The van der Waals surface area contributed by atoms with Crippen LogP contribution in [0.3, 0.4) is 0 Å². The lowest BCUT2D eigenvalue weighted by Crippen LogP contribution is -2.38. The van der Waals surface area contributed by atoms with Crippen molar-refractivity contribution in [2.45, 2.75) is 39.1 Å². The summed E-state index contributed by atoms with van der Waals surface area (Å²) in [4.78, 5) is 5.02. The van der Waals surface area contributed by atoms with E-state index in [2.05, 4.69) is 47.1 Å². The van der Waals surface area contributed by atoms with E-state index in [1.807, 2.05) is 12.1 Å². The molecule has 1 aromatic heterocycles. The van der Waals surface area contributed by atoms with E-state index >= 15 is 0 Å². The first kappa shape index (κ1) is 16.2. The molecular weight excluding hydrogens is 288 g/mol. The Bertz CT molecular complexity index is 596. The largest absolute Gasteiger partial charge is 0.462 e. The molecule has 1 atom stereocenters. The predicted octanol–water partition coefficient (Wildman–Crippen LogP) is 2.87. The molecule has 0 unspecified atom stereocenters. The highest BCUT2D eigenvalue weighted by molar-refractivity contribution is 5.14. The molecule has 1 aliphatic rings. The van der Waals surface area contributed by atoms with Gasteiger partial charge in [-0.05, 0) is 37.6 Å². The average Bonchev–Trinajstić information content (AvgIpc) is 2.95. The van der Waals surface area contributed by atoms with E-state index in [0.29, 0.717) is 11.8 Å². The standard InChI is InChI=1S/C19H26N2O2/c1-16-12-20(13-17-6-3-2-4-7-17)10-5-11-21(16)14-18-8-9-19(15-22)23-18/h2-4,6-9,16,22H,5,10-15H2,1H3/t16-/m1/s1. The van der Waals surface area contributed by atoms with Crippen LogP contribution in [0, 0.1) is 0 Å². The number of aliphatic hydroxyl groups excluding tert-OH is 1. The van der Waals surface area contributed by atoms with Crippen molar-refractivity contribution >= 4 is 0 Å². The number of aliphatic hydroxyl groups is 1. The van der Waals surface area contributed by atoms with Gasteiger partial charge in [-0.1, -0.05) is 30.3 Å². The lowest BCUT2D eigenvalue weighted by atomic mass is 10.2. The van der Waals surface area contributed by atoms with Crippen LogP contribution in [0.5, 0.6) is 0 Å². The van der Waals surface area contributed by atoms with Crippen molar-refractivity contribution in [3.63, 3.8) is 0 Å². The maximum atomic E-state index is 9.11. The molecule has 1 aromatic carbocycles. The normalized spacial score (nSPS) is 20.5. The molecule has 0 radical (unpaired) electrons. The van der Waals surface area contributed by atoms with Crippen molar-refractivity contribution in [2.24, 2.45) is 0 Å². The van der Waals surface area contributed by atoms with Crippen LogP contribution in [0.25, 0.3) is 0 Å². The molecule has 1 aliphatic heterocycles.